The molecule has 0 aromatic heterocycles. The number of halogens is 1. The summed E-state index contributed by atoms with van der Waals surface area (Å²) in [6.07, 6.45) is 0. The lowest BCUT2D eigenvalue weighted by molar-refractivity contribution is 0.370. The van der Waals surface area contributed by atoms with Crippen LogP contribution in [0.3, 0.4) is 0 Å². The van der Waals surface area contributed by atoms with Crippen LogP contribution in [0.1, 0.15) is 12.5 Å². The zero-order valence-electron chi connectivity index (χ0n) is 11.4. The van der Waals surface area contributed by atoms with Crippen LogP contribution in [0.2, 0.25) is 0 Å². The van der Waals surface area contributed by atoms with Gasteiger partial charge in [0.1, 0.15) is 0 Å². The molecule has 0 aliphatic carbocycles. The Bertz CT molecular complexity index is 532. The molecule has 0 amide bonds. The van der Waals surface area contributed by atoms with Crippen LogP contribution in [0.4, 0.5) is 0 Å². The van der Waals surface area contributed by atoms with Crippen molar-refractivity contribution in [2.45, 2.75) is 24.4 Å². The molecule has 7 heteroatoms. The average Bonchev–Trinajstić information content (AvgIpc) is 2.26. The molecule has 1 unspecified atom stereocenters. The lowest BCUT2D eigenvalue weighted by atomic mass is 10.2. The Morgan fingerprint density at radius 3 is 2.53 bits per heavy atom. The Balaban J connectivity index is 2.94. The molecule has 108 valence electrons. The van der Waals surface area contributed by atoms with Crippen molar-refractivity contribution in [3.63, 3.8) is 0 Å². The Labute approximate surface area is 123 Å². The van der Waals surface area contributed by atoms with Crippen LogP contribution in [0.5, 0.6) is 0 Å². The number of hydrogen-bond donors (Lipinski definition) is 2. The van der Waals surface area contributed by atoms with Gasteiger partial charge in [0.2, 0.25) is 10.0 Å². The van der Waals surface area contributed by atoms with Gasteiger partial charge in [-0.25, -0.2) is 13.1 Å². The van der Waals surface area contributed by atoms with E-state index in [9.17, 15) is 8.42 Å². The van der Waals surface area contributed by atoms with Crippen LogP contribution in [-0.2, 0) is 16.6 Å². The largest absolute Gasteiger partial charge is 0.326 e. The van der Waals surface area contributed by atoms with Crippen LogP contribution in [0.25, 0.3) is 0 Å². The molecule has 0 radical (unpaired) electrons. The topological polar surface area (TPSA) is 75.4 Å². The molecule has 0 fully saturated rings. The fourth-order valence-electron chi connectivity index (χ4n) is 1.80. The minimum atomic E-state index is -3.53. The van der Waals surface area contributed by atoms with E-state index in [0.717, 1.165) is 5.56 Å². The molecule has 0 aliphatic heterocycles. The average molecular weight is 350 g/mol. The van der Waals surface area contributed by atoms with Gasteiger partial charge in [0.15, 0.2) is 0 Å². The first-order valence-corrected chi connectivity index (χ1v) is 8.19. The Kier molecular flexibility index (Phi) is 5.94. The third-order valence-electron chi connectivity index (χ3n) is 2.52. The smallest absolute Gasteiger partial charge is 0.241 e. The first kappa shape index (κ1) is 16.6. The van der Waals surface area contributed by atoms with Crippen molar-refractivity contribution < 1.29 is 8.42 Å². The zero-order chi connectivity index (χ0) is 14.6. The lowest BCUT2D eigenvalue weighted by Crippen LogP contribution is -2.39. The highest BCUT2D eigenvalue weighted by Crippen LogP contribution is 2.23. The second kappa shape index (κ2) is 6.81. The van der Waals surface area contributed by atoms with Crippen molar-refractivity contribution in [3.8, 4) is 0 Å². The number of hydrogen-bond acceptors (Lipinski definition) is 4. The van der Waals surface area contributed by atoms with E-state index < -0.39 is 10.0 Å². The molecule has 19 heavy (non-hydrogen) atoms. The summed E-state index contributed by atoms with van der Waals surface area (Å²) in [4.78, 5) is 2.16. The lowest BCUT2D eigenvalue weighted by Gasteiger charge is -2.19. The SMILES string of the molecule is CC(CN(C)C)NS(=O)(=O)c1ccc(CN)cc1Br. The maximum atomic E-state index is 12.3. The van der Waals surface area contributed by atoms with Crippen LogP contribution in [0, 0.1) is 0 Å². The summed E-state index contributed by atoms with van der Waals surface area (Å²) < 4.78 is 27.7. The fourth-order valence-corrected chi connectivity index (χ4v) is 4.16. The summed E-state index contributed by atoms with van der Waals surface area (Å²) in [5.41, 5.74) is 6.40. The van der Waals surface area contributed by atoms with E-state index in [0.29, 0.717) is 17.6 Å². The fraction of sp³-hybridized carbons (Fsp3) is 0.500. The van der Waals surface area contributed by atoms with Crippen molar-refractivity contribution >= 4 is 26.0 Å². The van der Waals surface area contributed by atoms with Crippen molar-refractivity contribution in [1.29, 1.82) is 0 Å². The Hall–Kier alpha value is -0.470. The van der Waals surface area contributed by atoms with Gasteiger partial charge in [-0.1, -0.05) is 6.07 Å². The highest BCUT2D eigenvalue weighted by Gasteiger charge is 2.20. The Morgan fingerprint density at radius 1 is 1.42 bits per heavy atom. The molecule has 1 atom stereocenters. The van der Waals surface area contributed by atoms with Gasteiger partial charge < -0.3 is 10.6 Å². The summed E-state index contributed by atoms with van der Waals surface area (Å²) in [5, 5.41) is 0. The zero-order valence-corrected chi connectivity index (χ0v) is 13.8. The number of rotatable bonds is 6. The van der Waals surface area contributed by atoms with Crippen LogP contribution in [-0.4, -0.2) is 40.0 Å². The molecule has 5 nitrogen and oxygen atoms in total. The van der Waals surface area contributed by atoms with E-state index in [-0.39, 0.29) is 10.9 Å². The van der Waals surface area contributed by atoms with Gasteiger partial charge in [-0.05, 0) is 54.6 Å². The van der Waals surface area contributed by atoms with Gasteiger partial charge in [0.05, 0.1) is 4.90 Å². The second-order valence-corrected chi connectivity index (χ2v) is 7.29. The van der Waals surface area contributed by atoms with E-state index in [1.807, 2.05) is 25.9 Å². The van der Waals surface area contributed by atoms with E-state index in [1.165, 1.54) is 0 Å². The number of nitrogens with one attached hydrogen (secondary N) is 1. The summed E-state index contributed by atoms with van der Waals surface area (Å²) >= 11 is 3.28. The second-order valence-electron chi connectivity index (χ2n) is 4.75. The van der Waals surface area contributed by atoms with Gasteiger partial charge in [0.25, 0.3) is 0 Å². The number of nitrogens with two attached hydrogens (primary N) is 1. The predicted octanol–water partition coefficient (Wildman–Crippen LogP) is 1.14. The monoisotopic (exact) mass is 349 g/mol. The molecule has 0 saturated carbocycles. The molecule has 1 aromatic carbocycles. The van der Waals surface area contributed by atoms with E-state index in [1.54, 1.807) is 18.2 Å². The third kappa shape index (κ3) is 4.85. The van der Waals surface area contributed by atoms with E-state index in [2.05, 4.69) is 20.7 Å². The molecular formula is C12H20BrN3O2S. The van der Waals surface area contributed by atoms with Crippen molar-refractivity contribution in [2.75, 3.05) is 20.6 Å². The standard InChI is InChI=1S/C12H20BrN3O2S/c1-9(8-16(2)3)15-19(17,18)12-5-4-10(7-14)6-11(12)13/h4-6,9,15H,7-8,14H2,1-3H3. The van der Waals surface area contributed by atoms with Crippen LogP contribution >= 0.6 is 15.9 Å². The van der Waals surface area contributed by atoms with Crippen molar-refractivity contribution in [1.82, 2.24) is 9.62 Å². The number of sulfonamides is 1. The number of benzene rings is 1. The van der Waals surface area contributed by atoms with Crippen molar-refractivity contribution in [3.05, 3.63) is 28.2 Å². The van der Waals surface area contributed by atoms with Gasteiger partial charge in [-0.2, -0.15) is 0 Å². The van der Waals surface area contributed by atoms with E-state index >= 15 is 0 Å². The number of nitrogens with zero attached hydrogens (tertiary/aromatic N) is 1. The molecule has 0 saturated heterocycles. The maximum absolute atomic E-state index is 12.3. The summed E-state index contributed by atoms with van der Waals surface area (Å²) in [7, 11) is 0.274. The van der Waals surface area contributed by atoms with E-state index in [4.69, 9.17) is 5.73 Å². The first-order chi connectivity index (χ1) is 8.76. The predicted molar refractivity (Wildman–Crippen MR) is 80.4 cm³/mol. The van der Waals surface area contributed by atoms with Gasteiger partial charge in [0, 0.05) is 23.6 Å². The Morgan fingerprint density at radius 2 is 2.05 bits per heavy atom. The quantitative estimate of drug-likeness (QED) is 0.807. The third-order valence-corrected chi connectivity index (χ3v) is 5.08. The van der Waals surface area contributed by atoms with Crippen molar-refractivity contribution in [2.24, 2.45) is 5.73 Å². The molecule has 0 aliphatic rings. The molecule has 1 rings (SSSR count). The maximum Gasteiger partial charge on any atom is 0.241 e. The first-order valence-electron chi connectivity index (χ1n) is 5.92. The van der Waals surface area contributed by atoms with Crippen LogP contribution in [0.15, 0.2) is 27.6 Å². The highest BCUT2D eigenvalue weighted by molar-refractivity contribution is 9.10. The van der Waals surface area contributed by atoms with Gasteiger partial charge in [-0.15, -0.1) is 0 Å². The molecule has 1 aromatic rings. The molecular weight excluding hydrogens is 330 g/mol. The summed E-state index contributed by atoms with van der Waals surface area (Å²) in [5.74, 6) is 0. The molecule has 0 heterocycles. The minimum Gasteiger partial charge on any atom is -0.326 e. The number of likely N-dealkylation sites (N-methyl/N-ethyl adjacent to an activating group) is 1. The highest BCUT2D eigenvalue weighted by atomic mass is 79.9. The van der Waals surface area contributed by atoms with Gasteiger partial charge in [-0.3, -0.25) is 0 Å². The normalized spacial score (nSPS) is 13.8. The molecule has 0 bridgehead atoms. The van der Waals surface area contributed by atoms with Gasteiger partial charge >= 0.3 is 0 Å². The summed E-state index contributed by atoms with van der Waals surface area (Å²) in [6.45, 7) is 2.85. The minimum absolute atomic E-state index is 0.166. The molecule has 3 N–H and O–H groups in total. The summed E-state index contributed by atoms with van der Waals surface area (Å²) in [6, 6.07) is 4.85. The molecule has 0 spiro atoms. The van der Waals surface area contributed by atoms with Crippen LogP contribution < -0.4 is 10.5 Å².